The highest BCUT2D eigenvalue weighted by Gasteiger charge is 1.95. The average Bonchev–Trinajstić information content (AvgIpc) is 1.85. The molecule has 0 saturated heterocycles. The van der Waals surface area contributed by atoms with Gasteiger partial charge in [-0.2, -0.15) is 0 Å². The average molecular weight is 315 g/mol. The van der Waals surface area contributed by atoms with Crippen molar-refractivity contribution in [3.63, 3.8) is 0 Å². The molecule has 0 saturated carbocycles. The number of benzene rings is 1. The van der Waals surface area contributed by atoms with Gasteiger partial charge < -0.3 is 0 Å². The predicted octanol–water partition coefficient (Wildman–Crippen LogP) is 3.52. The molecule has 0 fully saturated rings. The number of rotatable bonds is 1. The van der Waals surface area contributed by atoms with Crippen LogP contribution in [-0.4, -0.2) is 0 Å². The molecule has 3 heteroatoms. The molecule has 0 aliphatic carbocycles. The van der Waals surface area contributed by atoms with E-state index >= 15 is 0 Å². The number of halogens is 3. The Kier molecular flexibility index (Phi) is 3.10. The van der Waals surface area contributed by atoms with Crippen LogP contribution >= 0.6 is 38.5 Å². The Hall–Kier alpha value is 0.360. The maximum absolute atomic E-state index is 12.1. The summed E-state index contributed by atoms with van der Waals surface area (Å²) in [5.41, 5.74) is 0.721. The summed E-state index contributed by atoms with van der Waals surface area (Å²) in [5, 5.41) is 0. The van der Waals surface area contributed by atoms with Gasteiger partial charge in [0.2, 0.25) is 0 Å². The fourth-order valence-electron chi connectivity index (χ4n) is 0.688. The van der Waals surface area contributed by atoms with E-state index < -0.39 is 6.67 Å². The normalized spacial score (nSPS) is 9.90. The van der Waals surface area contributed by atoms with E-state index in [2.05, 4.69) is 38.5 Å². The van der Waals surface area contributed by atoms with Crippen molar-refractivity contribution in [3.8, 4) is 0 Å². The summed E-state index contributed by atoms with van der Waals surface area (Å²) in [6.07, 6.45) is 0. The third-order valence-corrected chi connectivity index (χ3v) is 2.16. The van der Waals surface area contributed by atoms with E-state index in [1.807, 2.05) is 12.1 Å². The van der Waals surface area contributed by atoms with Crippen molar-refractivity contribution >= 4 is 38.5 Å². The van der Waals surface area contributed by atoms with Gasteiger partial charge in [0, 0.05) is 8.04 Å². The van der Waals surface area contributed by atoms with E-state index in [4.69, 9.17) is 0 Å². The van der Waals surface area contributed by atoms with E-state index in [-0.39, 0.29) is 0 Å². The zero-order chi connectivity index (χ0) is 7.56. The van der Waals surface area contributed by atoms with Gasteiger partial charge in [-0.05, 0) is 46.4 Å². The fraction of sp³-hybridized carbons (Fsp3) is 0.143. The highest BCUT2D eigenvalue weighted by molar-refractivity contribution is 14.1. The van der Waals surface area contributed by atoms with Crippen molar-refractivity contribution in [2.75, 3.05) is 0 Å². The minimum Gasteiger partial charge on any atom is -0.246 e. The molecule has 0 spiro atoms. The molecule has 0 N–H and O–H groups in total. The van der Waals surface area contributed by atoms with Gasteiger partial charge in [-0.25, -0.2) is 4.39 Å². The molecule has 0 aromatic heterocycles. The Bertz CT molecular complexity index is 217. The summed E-state index contributed by atoms with van der Waals surface area (Å²) in [4.78, 5) is 0. The van der Waals surface area contributed by atoms with Gasteiger partial charge in [-0.15, -0.1) is 0 Å². The lowest BCUT2D eigenvalue weighted by Gasteiger charge is -1.96. The van der Waals surface area contributed by atoms with Crippen LogP contribution in [0.15, 0.2) is 22.7 Å². The molecule has 0 aliphatic rings. The maximum atomic E-state index is 12.1. The molecule has 0 unspecified atom stereocenters. The minimum atomic E-state index is -0.393. The molecule has 0 atom stereocenters. The standard InChI is InChI=1S/C7H5BrFI/c8-6-1-5(4-9)2-7(10)3-6/h1-3H,4H2. The second-order valence-corrected chi connectivity index (χ2v) is 4.07. The first-order valence-corrected chi connectivity index (χ1v) is 4.60. The molecule has 0 amide bonds. The van der Waals surface area contributed by atoms with Crippen LogP contribution in [0.5, 0.6) is 0 Å². The van der Waals surface area contributed by atoms with Crippen LogP contribution < -0.4 is 0 Å². The quantitative estimate of drug-likeness (QED) is 0.696. The zero-order valence-electron chi connectivity index (χ0n) is 5.07. The Balaban J connectivity index is 3.06. The molecule has 0 bridgehead atoms. The summed E-state index contributed by atoms with van der Waals surface area (Å²) < 4.78 is 14.1. The Morgan fingerprint density at radius 3 is 2.60 bits per heavy atom. The van der Waals surface area contributed by atoms with Crippen LogP contribution in [0.3, 0.4) is 0 Å². The first-order chi connectivity index (χ1) is 4.72. The SMILES string of the molecule is FCc1cc(Br)cc(I)c1. The summed E-state index contributed by atoms with van der Waals surface area (Å²) in [7, 11) is 0. The largest absolute Gasteiger partial charge is 0.246 e. The third kappa shape index (κ3) is 2.20. The monoisotopic (exact) mass is 314 g/mol. The summed E-state index contributed by atoms with van der Waals surface area (Å²) in [6, 6.07) is 5.55. The molecule has 1 aromatic carbocycles. The number of hydrogen-bond donors (Lipinski definition) is 0. The van der Waals surface area contributed by atoms with Gasteiger partial charge in [0.15, 0.2) is 0 Å². The van der Waals surface area contributed by atoms with E-state index in [9.17, 15) is 4.39 Å². The summed E-state index contributed by atoms with van der Waals surface area (Å²) >= 11 is 5.44. The molecule has 1 aromatic rings. The third-order valence-electron chi connectivity index (χ3n) is 1.08. The van der Waals surface area contributed by atoms with Crippen LogP contribution in [0.25, 0.3) is 0 Å². The van der Waals surface area contributed by atoms with Crippen molar-refractivity contribution in [3.05, 3.63) is 31.8 Å². The van der Waals surface area contributed by atoms with Crippen molar-refractivity contribution < 1.29 is 4.39 Å². The number of hydrogen-bond acceptors (Lipinski definition) is 0. The van der Waals surface area contributed by atoms with Gasteiger partial charge in [0.05, 0.1) is 0 Å². The molecule has 1 rings (SSSR count). The molecular weight excluding hydrogens is 310 g/mol. The van der Waals surface area contributed by atoms with Gasteiger partial charge in [0.1, 0.15) is 6.67 Å². The van der Waals surface area contributed by atoms with E-state index in [1.54, 1.807) is 6.07 Å². The second kappa shape index (κ2) is 3.67. The van der Waals surface area contributed by atoms with E-state index in [1.165, 1.54) is 0 Å². The first kappa shape index (κ1) is 8.46. The van der Waals surface area contributed by atoms with Gasteiger partial charge in [0.25, 0.3) is 0 Å². The van der Waals surface area contributed by atoms with Gasteiger partial charge in [-0.3, -0.25) is 0 Å². The minimum absolute atomic E-state index is 0.393. The van der Waals surface area contributed by atoms with Crippen LogP contribution in [0.2, 0.25) is 0 Å². The van der Waals surface area contributed by atoms with Crippen LogP contribution in [-0.2, 0) is 6.67 Å². The van der Waals surface area contributed by atoms with Crippen LogP contribution in [0.1, 0.15) is 5.56 Å². The fourth-order valence-corrected chi connectivity index (χ4v) is 2.39. The van der Waals surface area contributed by atoms with Crippen molar-refractivity contribution in [2.24, 2.45) is 0 Å². The van der Waals surface area contributed by atoms with Crippen molar-refractivity contribution in [1.29, 1.82) is 0 Å². The molecule has 54 valence electrons. The van der Waals surface area contributed by atoms with Gasteiger partial charge >= 0.3 is 0 Å². The summed E-state index contributed by atoms with van der Waals surface area (Å²) in [5.74, 6) is 0. The van der Waals surface area contributed by atoms with Crippen LogP contribution in [0.4, 0.5) is 4.39 Å². The predicted molar refractivity (Wildman–Crippen MR) is 51.7 cm³/mol. The summed E-state index contributed by atoms with van der Waals surface area (Å²) in [6.45, 7) is -0.393. The zero-order valence-corrected chi connectivity index (χ0v) is 8.82. The van der Waals surface area contributed by atoms with Crippen LogP contribution in [0, 0.1) is 3.57 Å². The topological polar surface area (TPSA) is 0 Å². The molecule has 10 heavy (non-hydrogen) atoms. The molecule has 0 aliphatic heterocycles. The lowest BCUT2D eigenvalue weighted by Crippen LogP contribution is -1.79. The van der Waals surface area contributed by atoms with E-state index in [0.29, 0.717) is 0 Å². The Morgan fingerprint density at radius 1 is 1.40 bits per heavy atom. The molecule has 0 heterocycles. The lowest BCUT2D eigenvalue weighted by molar-refractivity contribution is 0.485. The first-order valence-electron chi connectivity index (χ1n) is 2.73. The van der Waals surface area contributed by atoms with Crippen molar-refractivity contribution in [1.82, 2.24) is 0 Å². The maximum Gasteiger partial charge on any atom is 0.115 e. The van der Waals surface area contributed by atoms with E-state index in [0.717, 1.165) is 13.6 Å². The second-order valence-electron chi connectivity index (χ2n) is 1.91. The highest BCUT2D eigenvalue weighted by atomic mass is 127. The molecular formula is C7H5BrFI. The lowest BCUT2D eigenvalue weighted by atomic mass is 10.2. The molecule has 0 nitrogen and oxygen atoms in total. The number of alkyl halides is 1. The Labute approximate surface area is 81.1 Å². The van der Waals surface area contributed by atoms with Gasteiger partial charge in [-0.1, -0.05) is 15.9 Å². The van der Waals surface area contributed by atoms with Crippen molar-refractivity contribution in [2.45, 2.75) is 6.67 Å². The Morgan fingerprint density at radius 2 is 2.10 bits per heavy atom. The smallest absolute Gasteiger partial charge is 0.115 e. The highest BCUT2D eigenvalue weighted by Crippen LogP contribution is 2.17. The molecule has 0 radical (unpaired) electrons.